The minimum absolute atomic E-state index is 0.185. The fourth-order valence-corrected chi connectivity index (χ4v) is 2.25. The van der Waals surface area contributed by atoms with Crippen LogP contribution in [0.3, 0.4) is 0 Å². The topological polar surface area (TPSA) is 77.1 Å². The van der Waals surface area contributed by atoms with Crippen molar-refractivity contribution >= 4 is 11.6 Å². The molecule has 0 saturated heterocycles. The molecule has 7 heteroatoms. The molecule has 1 amide bonds. The second-order valence-corrected chi connectivity index (χ2v) is 4.77. The number of aryl methyl sites for hydroxylation is 1. The van der Waals surface area contributed by atoms with Gasteiger partial charge in [-0.15, -0.1) is 0 Å². The number of hydrogen-bond donors (Lipinski definition) is 1. The summed E-state index contributed by atoms with van der Waals surface area (Å²) in [7, 11) is 1.81. The Balaban J connectivity index is 1.83. The Bertz CT molecular complexity index is 741. The van der Waals surface area contributed by atoms with Gasteiger partial charge in [0.15, 0.2) is 0 Å². The average Bonchev–Trinajstić information content (AvgIpc) is 3.10. The Morgan fingerprint density at radius 2 is 2.29 bits per heavy atom. The van der Waals surface area contributed by atoms with E-state index in [1.165, 1.54) is 6.33 Å². The summed E-state index contributed by atoms with van der Waals surface area (Å²) in [6.45, 7) is 1.99. The summed E-state index contributed by atoms with van der Waals surface area (Å²) in [5.74, 6) is 0.517. The van der Waals surface area contributed by atoms with Crippen LogP contribution in [0, 0.1) is 0 Å². The van der Waals surface area contributed by atoms with Gasteiger partial charge in [-0.1, -0.05) is 13.0 Å². The molecule has 0 radical (unpaired) electrons. The summed E-state index contributed by atoms with van der Waals surface area (Å²) in [5.41, 5.74) is 1.14. The number of carbonyl (C=O) groups is 1. The number of hydrogen-bond acceptors (Lipinski definition) is 4. The third-order valence-electron chi connectivity index (χ3n) is 3.37. The van der Waals surface area contributed by atoms with E-state index in [0.29, 0.717) is 5.69 Å². The molecule has 0 spiro atoms. The highest BCUT2D eigenvalue weighted by atomic mass is 16.2. The summed E-state index contributed by atoms with van der Waals surface area (Å²) in [6.07, 6.45) is 5.79. The van der Waals surface area contributed by atoms with Crippen LogP contribution < -0.4 is 5.32 Å². The lowest BCUT2D eigenvalue weighted by Gasteiger charge is -2.14. The van der Waals surface area contributed by atoms with E-state index in [0.717, 1.165) is 17.9 Å². The number of nitrogens with zero attached hydrogens (tertiary/aromatic N) is 5. The lowest BCUT2D eigenvalue weighted by molar-refractivity contribution is 0.0928. The Morgan fingerprint density at radius 3 is 2.95 bits per heavy atom. The molecular weight excluding hydrogens is 268 g/mol. The van der Waals surface area contributed by atoms with Gasteiger partial charge < -0.3 is 9.72 Å². The summed E-state index contributed by atoms with van der Waals surface area (Å²) in [5, 5.41) is 6.98. The zero-order valence-electron chi connectivity index (χ0n) is 11.9. The standard InChI is InChI=1S/C14H16N6O/c1-3-10(13-15-9-16-19(13)2)18-14(21)11-8-20-7-5-4-6-12(20)17-11/h4-10H,3H2,1-2H3,(H,18,21)/t10-/m1/s1. The van der Waals surface area contributed by atoms with Gasteiger partial charge in [-0.3, -0.25) is 9.48 Å². The molecule has 0 aliphatic heterocycles. The Morgan fingerprint density at radius 1 is 1.43 bits per heavy atom. The van der Waals surface area contributed by atoms with Crippen molar-refractivity contribution in [1.29, 1.82) is 0 Å². The van der Waals surface area contributed by atoms with Crippen molar-refractivity contribution in [2.24, 2.45) is 7.05 Å². The van der Waals surface area contributed by atoms with Crippen molar-refractivity contribution in [3.63, 3.8) is 0 Å². The number of rotatable bonds is 4. The van der Waals surface area contributed by atoms with E-state index in [-0.39, 0.29) is 11.9 Å². The number of carbonyl (C=O) groups excluding carboxylic acids is 1. The Labute approximate surface area is 121 Å². The van der Waals surface area contributed by atoms with Crippen LogP contribution in [0.4, 0.5) is 0 Å². The summed E-state index contributed by atoms with van der Waals surface area (Å²) in [4.78, 5) is 20.8. The number of imidazole rings is 1. The molecule has 0 unspecified atom stereocenters. The first kappa shape index (κ1) is 13.3. The van der Waals surface area contributed by atoms with Crippen LogP contribution in [0.2, 0.25) is 0 Å². The van der Waals surface area contributed by atoms with E-state index in [1.54, 1.807) is 10.9 Å². The first-order valence-electron chi connectivity index (χ1n) is 6.77. The van der Waals surface area contributed by atoms with Crippen LogP contribution in [0.5, 0.6) is 0 Å². The maximum atomic E-state index is 12.3. The van der Waals surface area contributed by atoms with Gasteiger partial charge in [0.2, 0.25) is 0 Å². The van der Waals surface area contributed by atoms with Gasteiger partial charge >= 0.3 is 0 Å². The van der Waals surface area contributed by atoms with Gasteiger partial charge in [-0.2, -0.15) is 5.10 Å². The predicted molar refractivity (Wildman–Crippen MR) is 76.7 cm³/mol. The third kappa shape index (κ3) is 2.49. The summed E-state index contributed by atoms with van der Waals surface area (Å²) in [6, 6.07) is 5.45. The van der Waals surface area contributed by atoms with Crippen LogP contribution in [0.15, 0.2) is 36.9 Å². The molecule has 0 aliphatic carbocycles. The van der Waals surface area contributed by atoms with Crippen molar-refractivity contribution in [3.05, 3.63) is 48.4 Å². The molecule has 0 aromatic carbocycles. The van der Waals surface area contributed by atoms with Crippen molar-refractivity contribution in [3.8, 4) is 0 Å². The van der Waals surface area contributed by atoms with Crippen molar-refractivity contribution in [1.82, 2.24) is 29.5 Å². The van der Waals surface area contributed by atoms with Crippen LogP contribution >= 0.6 is 0 Å². The van der Waals surface area contributed by atoms with E-state index in [2.05, 4.69) is 20.4 Å². The monoisotopic (exact) mass is 284 g/mol. The first-order valence-corrected chi connectivity index (χ1v) is 6.77. The molecule has 3 aromatic heterocycles. The van der Waals surface area contributed by atoms with E-state index in [1.807, 2.05) is 42.8 Å². The number of fused-ring (bicyclic) bond motifs is 1. The van der Waals surface area contributed by atoms with Gasteiger partial charge in [0, 0.05) is 19.4 Å². The molecule has 1 N–H and O–H groups in total. The fraction of sp³-hybridized carbons (Fsp3) is 0.286. The number of amides is 1. The quantitative estimate of drug-likeness (QED) is 0.784. The Hall–Kier alpha value is -2.70. The van der Waals surface area contributed by atoms with Gasteiger partial charge in [0.25, 0.3) is 5.91 Å². The van der Waals surface area contributed by atoms with Gasteiger partial charge in [0.1, 0.15) is 23.5 Å². The largest absolute Gasteiger partial charge is 0.341 e. The zero-order chi connectivity index (χ0) is 14.8. The highest BCUT2D eigenvalue weighted by Gasteiger charge is 2.19. The highest BCUT2D eigenvalue weighted by Crippen LogP contribution is 2.14. The van der Waals surface area contributed by atoms with E-state index >= 15 is 0 Å². The second kappa shape index (κ2) is 5.35. The van der Waals surface area contributed by atoms with Crippen LogP contribution in [0.25, 0.3) is 5.65 Å². The molecule has 0 saturated carbocycles. The normalized spacial score (nSPS) is 12.5. The molecular formula is C14H16N6O. The molecule has 1 atom stereocenters. The van der Waals surface area contributed by atoms with E-state index in [9.17, 15) is 4.79 Å². The predicted octanol–water partition coefficient (Wildman–Crippen LogP) is 1.34. The molecule has 21 heavy (non-hydrogen) atoms. The number of aromatic nitrogens is 5. The summed E-state index contributed by atoms with van der Waals surface area (Å²) < 4.78 is 3.48. The molecule has 0 bridgehead atoms. The number of nitrogens with one attached hydrogen (secondary N) is 1. The molecule has 7 nitrogen and oxygen atoms in total. The van der Waals surface area contributed by atoms with E-state index in [4.69, 9.17) is 0 Å². The second-order valence-electron chi connectivity index (χ2n) is 4.77. The van der Waals surface area contributed by atoms with Crippen LogP contribution in [-0.4, -0.2) is 30.1 Å². The first-order chi connectivity index (χ1) is 10.2. The Kier molecular flexibility index (Phi) is 3.39. The fourth-order valence-electron chi connectivity index (χ4n) is 2.25. The minimum atomic E-state index is -0.214. The average molecular weight is 284 g/mol. The molecule has 0 fully saturated rings. The molecule has 3 aromatic rings. The maximum Gasteiger partial charge on any atom is 0.272 e. The summed E-state index contributed by atoms with van der Waals surface area (Å²) >= 11 is 0. The van der Waals surface area contributed by atoms with Gasteiger partial charge in [-0.05, 0) is 18.6 Å². The molecule has 3 rings (SSSR count). The SMILES string of the molecule is CC[C@@H](NC(=O)c1cn2ccccc2n1)c1ncnn1C. The highest BCUT2D eigenvalue weighted by molar-refractivity contribution is 5.93. The minimum Gasteiger partial charge on any atom is -0.341 e. The van der Waals surface area contributed by atoms with Gasteiger partial charge in [0.05, 0.1) is 6.04 Å². The molecule has 3 heterocycles. The van der Waals surface area contributed by atoms with Crippen LogP contribution in [-0.2, 0) is 7.05 Å². The van der Waals surface area contributed by atoms with E-state index < -0.39 is 0 Å². The zero-order valence-corrected chi connectivity index (χ0v) is 11.9. The van der Waals surface area contributed by atoms with Crippen molar-refractivity contribution in [2.75, 3.05) is 0 Å². The molecule has 0 aliphatic rings. The van der Waals surface area contributed by atoms with Crippen molar-refractivity contribution < 1.29 is 4.79 Å². The lowest BCUT2D eigenvalue weighted by Crippen LogP contribution is -2.30. The van der Waals surface area contributed by atoms with Crippen molar-refractivity contribution in [2.45, 2.75) is 19.4 Å². The smallest absolute Gasteiger partial charge is 0.272 e. The van der Waals surface area contributed by atoms with Gasteiger partial charge in [-0.25, -0.2) is 9.97 Å². The maximum absolute atomic E-state index is 12.3. The van der Waals surface area contributed by atoms with Crippen LogP contribution in [0.1, 0.15) is 35.7 Å². The third-order valence-corrected chi connectivity index (χ3v) is 3.37. The molecule has 108 valence electrons. The lowest BCUT2D eigenvalue weighted by atomic mass is 10.2. The number of pyridine rings is 1.